The number of pyridine rings is 1. The van der Waals surface area contributed by atoms with E-state index in [-0.39, 0.29) is 5.82 Å². The molecule has 0 aromatic carbocycles. The van der Waals surface area contributed by atoms with Crippen LogP contribution in [0.25, 0.3) is 0 Å². The monoisotopic (exact) mass is 324 g/mol. The predicted octanol–water partition coefficient (Wildman–Crippen LogP) is 2.00. The van der Waals surface area contributed by atoms with Gasteiger partial charge < -0.3 is 5.32 Å². The van der Waals surface area contributed by atoms with Gasteiger partial charge in [-0.1, -0.05) is 0 Å². The zero-order chi connectivity index (χ0) is 16.3. The first-order valence-corrected chi connectivity index (χ1v) is 7.81. The summed E-state index contributed by atoms with van der Waals surface area (Å²) in [5.41, 5.74) is 1.45. The summed E-state index contributed by atoms with van der Waals surface area (Å²) in [7, 11) is -4.11. The number of carbonyl (C=O) groups is 1. The minimum atomic E-state index is -4.57. The molecule has 0 fully saturated rings. The number of hydrogen-bond acceptors (Lipinski definition) is 4. The number of nitrogens with one attached hydrogen (secondary N) is 1. The number of amides is 1. The summed E-state index contributed by atoms with van der Waals surface area (Å²) in [5, 5.41) is 2.27. The number of nitrogens with zero attached hydrogens (tertiary/aromatic N) is 1. The predicted molar refractivity (Wildman–Crippen MR) is 71.7 cm³/mol. The summed E-state index contributed by atoms with van der Waals surface area (Å²) in [6.45, 7) is 3.47. The normalized spacial score (nSPS) is 12.2. The molecule has 0 aliphatic carbocycles. The first-order chi connectivity index (χ1) is 9.47. The molecule has 0 saturated heterocycles. The Labute approximate surface area is 120 Å². The van der Waals surface area contributed by atoms with E-state index >= 15 is 0 Å². The van der Waals surface area contributed by atoms with Crippen molar-refractivity contribution in [3.05, 3.63) is 23.4 Å². The Hall–Kier alpha value is -1.64. The molecular weight excluding hydrogens is 309 g/mol. The lowest BCUT2D eigenvalue weighted by molar-refractivity contribution is -0.130. The summed E-state index contributed by atoms with van der Waals surface area (Å²) in [6.07, 6.45) is -6.04. The van der Waals surface area contributed by atoms with Gasteiger partial charge in [0.05, 0.1) is 12.2 Å². The van der Waals surface area contributed by atoms with Crippen molar-refractivity contribution in [3.8, 4) is 0 Å². The Bertz CT molecular complexity index is 607. The van der Waals surface area contributed by atoms with E-state index in [1.165, 1.54) is 6.07 Å². The second-order valence-electron chi connectivity index (χ2n) is 4.68. The van der Waals surface area contributed by atoms with Gasteiger partial charge in [0.1, 0.15) is 11.6 Å². The van der Waals surface area contributed by atoms with Gasteiger partial charge in [-0.2, -0.15) is 13.2 Å². The molecule has 0 spiro atoms. The molecule has 0 radical (unpaired) electrons. The number of aryl methyl sites for hydroxylation is 2. The van der Waals surface area contributed by atoms with Gasteiger partial charge in [0.15, 0.2) is 9.84 Å². The van der Waals surface area contributed by atoms with Gasteiger partial charge in [-0.3, -0.25) is 4.79 Å². The van der Waals surface area contributed by atoms with Crippen LogP contribution in [0.15, 0.2) is 12.1 Å². The molecule has 0 bridgehead atoms. The van der Waals surface area contributed by atoms with E-state index in [0.717, 1.165) is 5.56 Å². The highest BCUT2D eigenvalue weighted by Crippen LogP contribution is 2.20. The molecule has 1 N–H and O–H groups in total. The smallest absolute Gasteiger partial charge is 0.310 e. The largest absolute Gasteiger partial charge is 0.390 e. The van der Waals surface area contributed by atoms with Crippen LogP contribution in [0.3, 0.4) is 0 Å². The number of carbonyl (C=O) groups excluding carboxylic acids is 1. The van der Waals surface area contributed by atoms with E-state index in [1.807, 2.05) is 0 Å². The number of halogens is 3. The topological polar surface area (TPSA) is 76.1 Å². The standard InChI is InChI=1S/C12H15F3N2O3S/c1-8-5-9(2)16-10(6-8)17-11(18)7-21(19,20)4-3-12(13,14)15/h5-6H,3-4,7H2,1-2H3,(H,16,17,18). The van der Waals surface area contributed by atoms with Crippen LogP contribution < -0.4 is 5.32 Å². The molecule has 1 aromatic rings. The Kier molecular flexibility index (Phi) is 5.32. The molecule has 1 amide bonds. The van der Waals surface area contributed by atoms with Crippen molar-refractivity contribution in [2.24, 2.45) is 0 Å². The van der Waals surface area contributed by atoms with Gasteiger partial charge in [0.25, 0.3) is 0 Å². The molecule has 9 heteroatoms. The quantitative estimate of drug-likeness (QED) is 0.899. The van der Waals surface area contributed by atoms with Crippen LogP contribution >= 0.6 is 0 Å². The average Bonchev–Trinajstić information content (AvgIpc) is 2.23. The Morgan fingerprint density at radius 3 is 2.43 bits per heavy atom. The summed E-state index contributed by atoms with van der Waals surface area (Å²) >= 11 is 0. The van der Waals surface area contributed by atoms with Gasteiger partial charge in [-0.25, -0.2) is 13.4 Å². The third-order valence-corrected chi connectivity index (χ3v) is 3.94. The Morgan fingerprint density at radius 2 is 1.90 bits per heavy atom. The van der Waals surface area contributed by atoms with Crippen molar-refractivity contribution >= 4 is 21.6 Å². The lowest BCUT2D eigenvalue weighted by Crippen LogP contribution is -2.27. The van der Waals surface area contributed by atoms with Gasteiger partial charge in [0, 0.05) is 5.69 Å². The van der Waals surface area contributed by atoms with Crippen LogP contribution in [0.2, 0.25) is 0 Å². The zero-order valence-corrected chi connectivity index (χ0v) is 12.3. The van der Waals surface area contributed by atoms with E-state index in [4.69, 9.17) is 0 Å². The van der Waals surface area contributed by atoms with Gasteiger partial charge in [0.2, 0.25) is 5.91 Å². The van der Waals surface area contributed by atoms with Gasteiger partial charge in [-0.15, -0.1) is 0 Å². The third-order valence-electron chi connectivity index (χ3n) is 2.41. The molecule has 118 valence electrons. The summed E-state index contributed by atoms with van der Waals surface area (Å²) in [6, 6.07) is 3.29. The molecule has 1 rings (SSSR count). The van der Waals surface area contributed by atoms with Crippen LogP contribution in [0.4, 0.5) is 19.0 Å². The molecular formula is C12H15F3N2O3S. The molecule has 21 heavy (non-hydrogen) atoms. The fourth-order valence-electron chi connectivity index (χ4n) is 1.63. The molecule has 0 aliphatic heterocycles. The van der Waals surface area contributed by atoms with Crippen molar-refractivity contribution < 1.29 is 26.4 Å². The first kappa shape index (κ1) is 17.4. The molecule has 0 atom stereocenters. The van der Waals surface area contributed by atoms with Gasteiger partial charge in [-0.05, 0) is 31.5 Å². The molecule has 0 unspecified atom stereocenters. The maximum absolute atomic E-state index is 12.0. The molecule has 5 nitrogen and oxygen atoms in total. The minimum Gasteiger partial charge on any atom is -0.310 e. The van der Waals surface area contributed by atoms with E-state index in [0.29, 0.717) is 5.69 Å². The number of alkyl halides is 3. The van der Waals surface area contributed by atoms with E-state index in [1.54, 1.807) is 19.9 Å². The first-order valence-electron chi connectivity index (χ1n) is 5.99. The highest BCUT2D eigenvalue weighted by atomic mass is 32.2. The number of sulfone groups is 1. The average molecular weight is 324 g/mol. The molecule has 1 aromatic heterocycles. The summed E-state index contributed by atoms with van der Waals surface area (Å²) in [4.78, 5) is 15.5. The third kappa shape index (κ3) is 7.07. The van der Waals surface area contributed by atoms with E-state index < -0.39 is 39.8 Å². The minimum absolute atomic E-state index is 0.170. The lowest BCUT2D eigenvalue weighted by atomic mass is 10.2. The van der Waals surface area contributed by atoms with Crippen molar-refractivity contribution in [3.63, 3.8) is 0 Å². The number of rotatable bonds is 5. The van der Waals surface area contributed by atoms with E-state index in [9.17, 15) is 26.4 Å². The zero-order valence-electron chi connectivity index (χ0n) is 11.5. The fourth-order valence-corrected chi connectivity index (χ4v) is 2.79. The number of anilines is 1. The maximum Gasteiger partial charge on any atom is 0.390 e. The Balaban J connectivity index is 2.64. The van der Waals surface area contributed by atoms with Crippen LogP contribution in [-0.2, 0) is 14.6 Å². The van der Waals surface area contributed by atoms with Crippen molar-refractivity contribution in [1.82, 2.24) is 4.98 Å². The van der Waals surface area contributed by atoms with E-state index in [2.05, 4.69) is 10.3 Å². The SMILES string of the molecule is Cc1cc(C)nc(NC(=O)CS(=O)(=O)CCC(F)(F)F)c1. The maximum atomic E-state index is 12.0. The van der Waals surface area contributed by atoms with Crippen molar-refractivity contribution in [1.29, 1.82) is 0 Å². The van der Waals surface area contributed by atoms with Crippen molar-refractivity contribution in [2.75, 3.05) is 16.8 Å². The molecule has 1 heterocycles. The lowest BCUT2D eigenvalue weighted by Gasteiger charge is -2.08. The highest BCUT2D eigenvalue weighted by Gasteiger charge is 2.30. The van der Waals surface area contributed by atoms with Crippen LogP contribution in [0.5, 0.6) is 0 Å². The summed E-state index contributed by atoms with van der Waals surface area (Å²) < 4.78 is 58.8. The van der Waals surface area contributed by atoms with Crippen molar-refractivity contribution in [2.45, 2.75) is 26.4 Å². The van der Waals surface area contributed by atoms with Crippen LogP contribution in [0.1, 0.15) is 17.7 Å². The second-order valence-corrected chi connectivity index (χ2v) is 6.86. The number of hydrogen-bond donors (Lipinski definition) is 1. The van der Waals surface area contributed by atoms with Crippen LogP contribution in [0, 0.1) is 13.8 Å². The second kappa shape index (κ2) is 6.42. The highest BCUT2D eigenvalue weighted by molar-refractivity contribution is 7.92. The Morgan fingerprint density at radius 1 is 1.29 bits per heavy atom. The summed E-state index contributed by atoms with van der Waals surface area (Å²) in [5.74, 6) is -2.85. The molecule has 0 aliphatic rings. The molecule has 0 saturated carbocycles. The van der Waals surface area contributed by atoms with Gasteiger partial charge >= 0.3 is 6.18 Å². The fraction of sp³-hybridized carbons (Fsp3) is 0.500. The number of aromatic nitrogens is 1. The van der Waals surface area contributed by atoms with Crippen LogP contribution in [-0.4, -0.2) is 37.0 Å².